The zero-order chi connectivity index (χ0) is 13.7. The van der Waals surface area contributed by atoms with Crippen LogP contribution in [0.25, 0.3) is 0 Å². The predicted octanol–water partition coefficient (Wildman–Crippen LogP) is 1.10. The highest BCUT2D eigenvalue weighted by Crippen LogP contribution is 2.26. The molecule has 1 aliphatic carbocycles. The van der Waals surface area contributed by atoms with Crippen LogP contribution in [0.1, 0.15) is 31.4 Å². The number of hydrogen-bond acceptors (Lipinski definition) is 3. The molecule has 1 saturated carbocycles. The van der Waals surface area contributed by atoms with Gasteiger partial charge in [-0.25, -0.2) is 4.79 Å². The van der Waals surface area contributed by atoms with Gasteiger partial charge in [0.15, 0.2) is 0 Å². The molecule has 0 unspecified atom stereocenters. The SMILES string of the molecule is CN(C(=O)NCc1ccn[nH]1)C1CCC(CO)CC1. The molecule has 1 heterocycles. The van der Waals surface area contributed by atoms with Crippen molar-refractivity contribution in [2.24, 2.45) is 5.92 Å². The molecular formula is C13H22N4O2. The van der Waals surface area contributed by atoms with Crippen molar-refractivity contribution in [2.75, 3.05) is 13.7 Å². The third-order valence-corrected chi connectivity index (χ3v) is 3.93. The molecule has 19 heavy (non-hydrogen) atoms. The first-order valence-corrected chi connectivity index (χ1v) is 6.80. The van der Waals surface area contributed by atoms with E-state index in [4.69, 9.17) is 5.11 Å². The summed E-state index contributed by atoms with van der Waals surface area (Å²) in [6, 6.07) is 2.07. The average molecular weight is 266 g/mol. The van der Waals surface area contributed by atoms with Gasteiger partial charge in [-0.05, 0) is 37.7 Å². The molecular weight excluding hydrogens is 244 g/mol. The maximum absolute atomic E-state index is 12.0. The van der Waals surface area contributed by atoms with Gasteiger partial charge in [-0.3, -0.25) is 5.10 Å². The smallest absolute Gasteiger partial charge is 0.317 e. The van der Waals surface area contributed by atoms with Gasteiger partial charge in [0.2, 0.25) is 0 Å². The first-order valence-electron chi connectivity index (χ1n) is 6.80. The van der Waals surface area contributed by atoms with E-state index in [0.717, 1.165) is 31.4 Å². The monoisotopic (exact) mass is 266 g/mol. The molecule has 3 N–H and O–H groups in total. The summed E-state index contributed by atoms with van der Waals surface area (Å²) in [5.41, 5.74) is 0.894. The van der Waals surface area contributed by atoms with E-state index in [9.17, 15) is 4.79 Å². The van der Waals surface area contributed by atoms with Gasteiger partial charge >= 0.3 is 6.03 Å². The predicted molar refractivity (Wildman–Crippen MR) is 71.4 cm³/mol. The number of carbonyl (C=O) groups excluding carboxylic acids is 1. The molecule has 106 valence electrons. The van der Waals surface area contributed by atoms with Crippen molar-refractivity contribution in [3.8, 4) is 0 Å². The number of aromatic nitrogens is 2. The Bertz CT molecular complexity index is 385. The van der Waals surface area contributed by atoms with Crippen molar-refractivity contribution in [3.63, 3.8) is 0 Å². The normalized spacial score (nSPS) is 23.1. The molecule has 0 aromatic carbocycles. The van der Waals surface area contributed by atoms with Gasteiger partial charge in [-0.1, -0.05) is 0 Å². The minimum atomic E-state index is -0.0537. The Morgan fingerprint density at radius 2 is 2.26 bits per heavy atom. The summed E-state index contributed by atoms with van der Waals surface area (Å²) in [6.45, 7) is 0.734. The largest absolute Gasteiger partial charge is 0.396 e. The van der Waals surface area contributed by atoms with Crippen LogP contribution in [0.15, 0.2) is 12.3 Å². The lowest BCUT2D eigenvalue weighted by molar-refractivity contribution is 0.134. The van der Waals surface area contributed by atoms with Crippen molar-refractivity contribution >= 4 is 6.03 Å². The first-order chi connectivity index (χ1) is 9.20. The number of carbonyl (C=O) groups is 1. The number of nitrogens with one attached hydrogen (secondary N) is 2. The lowest BCUT2D eigenvalue weighted by Crippen LogP contribution is -2.45. The molecule has 0 spiro atoms. The van der Waals surface area contributed by atoms with Crippen molar-refractivity contribution in [3.05, 3.63) is 18.0 Å². The second-order valence-electron chi connectivity index (χ2n) is 5.21. The van der Waals surface area contributed by atoms with E-state index >= 15 is 0 Å². The molecule has 1 aliphatic rings. The van der Waals surface area contributed by atoms with E-state index < -0.39 is 0 Å². The zero-order valence-corrected chi connectivity index (χ0v) is 11.3. The number of H-pyrrole nitrogens is 1. The van der Waals surface area contributed by atoms with E-state index in [1.165, 1.54) is 0 Å². The lowest BCUT2D eigenvalue weighted by atomic mass is 9.86. The van der Waals surface area contributed by atoms with Crippen LogP contribution in [0.4, 0.5) is 4.79 Å². The Hall–Kier alpha value is -1.56. The van der Waals surface area contributed by atoms with E-state index in [1.807, 2.05) is 13.1 Å². The average Bonchev–Trinajstić information content (AvgIpc) is 2.97. The number of amides is 2. The Labute approximate surface area is 113 Å². The molecule has 0 bridgehead atoms. The summed E-state index contributed by atoms with van der Waals surface area (Å²) in [6.07, 6.45) is 5.61. The fraction of sp³-hybridized carbons (Fsp3) is 0.692. The van der Waals surface area contributed by atoms with E-state index in [0.29, 0.717) is 12.5 Å². The zero-order valence-electron chi connectivity index (χ0n) is 11.3. The van der Waals surface area contributed by atoms with Gasteiger partial charge in [0.05, 0.1) is 12.2 Å². The van der Waals surface area contributed by atoms with E-state index in [-0.39, 0.29) is 18.7 Å². The van der Waals surface area contributed by atoms with E-state index in [1.54, 1.807) is 11.1 Å². The number of aliphatic hydroxyl groups excluding tert-OH is 1. The molecule has 0 aliphatic heterocycles. The molecule has 1 aromatic heterocycles. The van der Waals surface area contributed by atoms with Gasteiger partial charge in [-0.2, -0.15) is 5.10 Å². The summed E-state index contributed by atoms with van der Waals surface area (Å²) >= 11 is 0. The van der Waals surface area contributed by atoms with Gasteiger partial charge in [0.25, 0.3) is 0 Å². The Morgan fingerprint density at radius 3 is 2.84 bits per heavy atom. The maximum atomic E-state index is 12.0. The molecule has 0 radical (unpaired) electrons. The molecule has 6 nitrogen and oxygen atoms in total. The second kappa shape index (κ2) is 6.56. The fourth-order valence-corrected chi connectivity index (χ4v) is 2.56. The summed E-state index contributed by atoms with van der Waals surface area (Å²) in [5, 5.41) is 18.6. The highest BCUT2D eigenvalue weighted by molar-refractivity contribution is 5.74. The summed E-state index contributed by atoms with van der Waals surface area (Å²) in [4.78, 5) is 13.8. The number of rotatable bonds is 4. The van der Waals surface area contributed by atoms with Crippen LogP contribution in [0.3, 0.4) is 0 Å². The fourth-order valence-electron chi connectivity index (χ4n) is 2.56. The number of aromatic amines is 1. The topological polar surface area (TPSA) is 81.2 Å². The van der Waals surface area contributed by atoms with Crippen LogP contribution < -0.4 is 5.32 Å². The third kappa shape index (κ3) is 3.70. The first kappa shape index (κ1) is 13.9. The van der Waals surface area contributed by atoms with E-state index in [2.05, 4.69) is 15.5 Å². The highest BCUT2D eigenvalue weighted by Gasteiger charge is 2.25. The molecule has 2 amide bonds. The summed E-state index contributed by atoms with van der Waals surface area (Å²) in [5.74, 6) is 0.415. The Morgan fingerprint density at radius 1 is 1.53 bits per heavy atom. The van der Waals surface area contributed by atoms with Crippen LogP contribution in [0.5, 0.6) is 0 Å². The van der Waals surface area contributed by atoms with Gasteiger partial charge in [0, 0.05) is 25.9 Å². The second-order valence-corrected chi connectivity index (χ2v) is 5.21. The molecule has 1 aromatic rings. The number of urea groups is 1. The van der Waals surface area contributed by atoms with Crippen LogP contribution in [-0.2, 0) is 6.54 Å². The highest BCUT2D eigenvalue weighted by atomic mass is 16.3. The Kier molecular flexibility index (Phi) is 4.79. The molecule has 0 atom stereocenters. The molecule has 1 fully saturated rings. The standard InChI is InChI=1S/C13H22N4O2/c1-17(12-4-2-10(9-18)3-5-12)13(19)14-8-11-6-7-15-16-11/h6-7,10,12,18H,2-5,8-9H2,1H3,(H,14,19)(H,15,16). The van der Waals surface area contributed by atoms with Gasteiger partial charge in [-0.15, -0.1) is 0 Å². The van der Waals surface area contributed by atoms with Crippen LogP contribution >= 0.6 is 0 Å². The minimum absolute atomic E-state index is 0.0537. The van der Waals surface area contributed by atoms with Crippen LogP contribution in [-0.4, -0.2) is 45.9 Å². The van der Waals surface area contributed by atoms with Crippen molar-refractivity contribution in [1.29, 1.82) is 0 Å². The number of hydrogen-bond donors (Lipinski definition) is 3. The molecule has 6 heteroatoms. The van der Waals surface area contributed by atoms with Crippen LogP contribution in [0, 0.1) is 5.92 Å². The van der Waals surface area contributed by atoms with Gasteiger partial charge in [0.1, 0.15) is 0 Å². The maximum Gasteiger partial charge on any atom is 0.317 e. The number of aliphatic hydroxyl groups is 1. The lowest BCUT2D eigenvalue weighted by Gasteiger charge is -2.34. The third-order valence-electron chi connectivity index (χ3n) is 3.93. The van der Waals surface area contributed by atoms with Crippen molar-refractivity contribution in [1.82, 2.24) is 20.4 Å². The molecule has 0 saturated heterocycles. The number of nitrogens with zero attached hydrogens (tertiary/aromatic N) is 2. The van der Waals surface area contributed by atoms with Crippen molar-refractivity contribution < 1.29 is 9.90 Å². The summed E-state index contributed by atoms with van der Waals surface area (Å²) in [7, 11) is 1.84. The quantitative estimate of drug-likeness (QED) is 0.763. The van der Waals surface area contributed by atoms with Crippen molar-refractivity contribution in [2.45, 2.75) is 38.3 Å². The van der Waals surface area contributed by atoms with Crippen LogP contribution in [0.2, 0.25) is 0 Å². The summed E-state index contributed by atoms with van der Waals surface area (Å²) < 4.78 is 0. The minimum Gasteiger partial charge on any atom is -0.396 e. The Balaban J connectivity index is 1.76. The van der Waals surface area contributed by atoms with Gasteiger partial charge < -0.3 is 15.3 Å². The molecule has 2 rings (SSSR count).